The molecule has 0 atom stereocenters. The number of methoxy groups -OCH3 is 1. The summed E-state index contributed by atoms with van der Waals surface area (Å²) in [5, 5.41) is 1.02. The number of carbonyl (C=O) groups excluding carboxylic acids is 1. The zero-order valence-electron chi connectivity index (χ0n) is 18.6. The number of aromatic nitrogens is 2. The molecule has 0 fully saturated rings. The number of carbonyl (C=O) groups is 1. The van der Waals surface area contributed by atoms with Gasteiger partial charge in [0.15, 0.2) is 15.0 Å². The van der Waals surface area contributed by atoms with Gasteiger partial charge in [0, 0.05) is 18.8 Å². The SMILES string of the molecule is COc1ccc(S(=O)(=O)CCC(=O)N(Cc2cccnc2)c2nc3c(C)ccc(Cl)c3s2)cc1. The summed E-state index contributed by atoms with van der Waals surface area (Å²) in [6.45, 7) is 2.14. The number of rotatable bonds is 8. The molecule has 34 heavy (non-hydrogen) atoms. The van der Waals surface area contributed by atoms with E-state index in [0.717, 1.165) is 21.3 Å². The summed E-state index contributed by atoms with van der Waals surface area (Å²) in [5.74, 6) is -0.122. The molecule has 0 saturated heterocycles. The molecule has 2 aromatic heterocycles. The standard InChI is InChI=1S/C24H22ClN3O4S2/c1-16-5-10-20(25)23-22(16)27-24(33-23)28(15-17-4-3-12-26-14-17)21(29)11-13-34(30,31)19-8-6-18(32-2)7-9-19/h3-10,12,14H,11,13,15H2,1-2H3. The average Bonchev–Trinajstić information content (AvgIpc) is 3.31. The molecule has 0 aliphatic heterocycles. The van der Waals surface area contributed by atoms with Crippen LogP contribution in [0.15, 0.2) is 65.8 Å². The molecule has 0 bridgehead atoms. The lowest BCUT2D eigenvalue weighted by Crippen LogP contribution is -2.31. The predicted octanol–water partition coefficient (Wildman–Crippen LogP) is 5.06. The molecule has 0 N–H and O–H groups in total. The Hall–Kier alpha value is -3.01. The van der Waals surface area contributed by atoms with Gasteiger partial charge in [-0.15, -0.1) is 0 Å². The van der Waals surface area contributed by atoms with Crippen molar-refractivity contribution in [1.29, 1.82) is 0 Å². The molecule has 0 aliphatic rings. The van der Waals surface area contributed by atoms with Gasteiger partial charge in [0.05, 0.1) is 39.5 Å². The minimum absolute atomic E-state index is 0.141. The van der Waals surface area contributed by atoms with Gasteiger partial charge < -0.3 is 4.74 Å². The first kappa shape index (κ1) is 24.1. The Morgan fingerprint density at radius 1 is 1.15 bits per heavy atom. The lowest BCUT2D eigenvalue weighted by molar-refractivity contribution is -0.118. The fourth-order valence-electron chi connectivity index (χ4n) is 3.40. The Labute approximate surface area is 206 Å². The Kier molecular flexibility index (Phi) is 7.16. The van der Waals surface area contributed by atoms with Gasteiger partial charge >= 0.3 is 0 Å². The molecule has 176 valence electrons. The van der Waals surface area contributed by atoms with Crippen molar-refractivity contribution in [3.63, 3.8) is 0 Å². The number of ether oxygens (including phenoxy) is 1. The molecule has 10 heteroatoms. The van der Waals surface area contributed by atoms with Crippen LogP contribution in [-0.2, 0) is 21.2 Å². The maximum atomic E-state index is 13.3. The molecular formula is C24H22ClN3O4S2. The van der Waals surface area contributed by atoms with Gasteiger partial charge in [0.2, 0.25) is 5.91 Å². The van der Waals surface area contributed by atoms with Gasteiger partial charge in [0.25, 0.3) is 0 Å². The molecule has 0 saturated carbocycles. The first-order valence-corrected chi connectivity index (χ1v) is 13.2. The van der Waals surface area contributed by atoms with E-state index in [0.29, 0.717) is 15.9 Å². The number of anilines is 1. The van der Waals surface area contributed by atoms with Crippen LogP contribution in [0, 0.1) is 6.92 Å². The highest BCUT2D eigenvalue weighted by atomic mass is 35.5. The first-order chi connectivity index (χ1) is 16.3. The highest BCUT2D eigenvalue weighted by Crippen LogP contribution is 2.36. The number of nitrogens with zero attached hydrogens (tertiary/aromatic N) is 3. The van der Waals surface area contributed by atoms with Crippen LogP contribution in [0.25, 0.3) is 10.2 Å². The Bertz CT molecular complexity index is 1380. The summed E-state index contributed by atoms with van der Waals surface area (Å²) >= 11 is 7.67. The van der Waals surface area contributed by atoms with Crippen LogP contribution in [0.3, 0.4) is 0 Å². The minimum Gasteiger partial charge on any atom is -0.497 e. The van der Waals surface area contributed by atoms with E-state index in [9.17, 15) is 13.2 Å². The van der Waals surface area contributed by atoms with E-state index in [2.05, 4.69) is 9.97 Å². The highest BCUT2D eigenvalue weighted by Gasteiger charge is 2.24. The molecular weight excluding hydrogens is 494 g/mol. The molecule has 2 heterocycles. The van der Waals surface area contributed by atoms with Crippen molar-refractivity contribution in [1.82, 2.24) is 9.97 Å². The molecule has 2 aromatic carbocycles. The lowest BCUT2D eigenvalue weighted by Gasteiger charge is -2.20. The van der Waals surface area contributed by atoms with Crippen LogP contribution < -0.4 is 9.64 Å². The second kappa shape index (κ2) is 10.1. The largest absolute Gasteiger partial charge is 0.497 e. The van der Waals surface area contributed by atoms with E-state index in [1.165, 1.54) is 35.5 Å². The van der Waals surface area contributed by atoms with Crippen molar-refractivity contribution in [3.8, 4) is 5.75 Å². The van der Waals surface area contributed by atoms with Crippen molar-refractivity contribution in [2.45, 2.75) is 24.8 Å². The third-order valence-corrected chi connectivity index (χ3v) is 8.56. The van der Waals surface area contributed by atoms with Crippen LogP contribution >= 0.6 is 22.9 Å². The van der Waals surface area contributed by atoms with E-state index in [-0.39, 0.29) is 29.5 Å². The number of aryl methyl sites for hydroxylation is 1. The molecule has 4 aromatic rings. The molecule has 0 radical (unpaired) electrons. The van der Waals surface area contributed by atoms with Gasteiger partial charge in [-0.3, -0.25) is 14.7 Å². The van der Waals surface area contributed by atoms with Gasteiger partial charge in [0.1, 0.15) is 5.75 Å². The zero-order valence-corrected chi connectivity index (χ0v) is 21.0. The van der Waals surface area contributed by atoms with Crippen LogP contribution in [0.2, 0.25) is 5.02 Å². The average molecular weight is 516 g/mol. The first-order valence-electron chi connectivity index (χ1n) is 10.4. The van der Waals surface area contributed by atoms with Crippen LogP contribution in [-0.4, -0.2) is 37.2 Å². The third kappa shape index (κ3) is 5.22. The topological polar surface area (TPSA) is 89.5 Å². The number of halogens is 1. The van der Waals surface area contributed by atoms with E-state index >= 15 is 0 Å². The third-order valence-electron chi connectivity index (χ3n) is 5.28. The van der Waals surface area contributed by atoms with E-state index in [1.807, 2.05) is 19.1 Å². The molecule has 0 aliphatic carbocycles. The number of sulfone groups is 1. The monoisotopic (exact) mass is 515 g/mol. The number of fused-ring (bicyclic) bond motifs is 1. The molecule has 1 amide bonds. The number of amides is 1. The van der Waals surface area contributed by atoms with E-state index in [1.54, 1.807) is 36.7 Å². The number of pyridine rings is 1. The molecule has 0 unspecified atom stereocenters. The second-order valence-corrected chi connectivity index (χ2v) is 11.1. The predicted molar refractivity (Wildman–Crippen MR) is 134 cm³/mol. The van der Waals surface area contributed by atoms with E-state index < -0.39 is 9.84 Å². The molecule has 0 spiro atoms. The summed E-state index contributed by atoms with van der Waals surface area (Å²) in [4.78, 5) is 23.8. The summed E-state index contributed by atoms with van der Waals surface area (Å²) in [5.41, 5.74) is 2.47. The lowest BCUT2D eigenvalue weighted by atomic mass is 10.2. The molecule has 7 nitrogen and oxygen atoms in total. The summed E-state index contributed by atoms with van der Waals surface area (Å²) in [6, 6.07) is 13.4. The maximum Gasteiger partial charge on any atom is 0.230 e. The molecule has 4 rings (SSSR count). The summed E-state index contributed by atoms with van der Waals surface area (Å²) < 4.78 is 31.5. The smallest absolute Gasteiger partial charge is 0.230 e. The number of thiazole rings is 1. The highest BCUT2D eigenvalue weighted by molar-refractivity contribution is 7.91. The minimum atomic E-state index is -3.66. The normalized spacial score (nSPS) is 11.5. The van der Waals surface area contributed by atoms with Crippen molar-refractivity contribution < 1.29 is 17.9 Å². The summed E-state index contributed by atoms with van der Waals surface area (Å²) in [7, 11) is -2.15. The van der Waals surface area contributed by atoms with E-state index in [4.69, 9.17) is 16.3 Å². The fraction of sp³-hybridized carbons (Fsp3) is 0.208. The Balaban J connectivity index is 1.61. The van der Waals surface area contributed by atoms with Crippen molar-refractivity contribution in [2.75, 3.05) is 17.8 Å². The van der Waals surface area contributed by atoms with Gasteiger partial charge in [-0.05, 0) is 54.4 Å². The maximum absolute atomic E-state index is 13.3. The number of hydrogen-bond donors (Lipinski definition) is 0. The van der Waals surface area contributed by atoms with Crippen LogP contribution in [0.5, 0.6) is 5.75 Å². The van der Waals surface area contributed by atoms with Crippen molar-refractivity contribution in [2.24, 2.45) is 0 Å². The summed E-state index contributed by atoms with van der Waals surface area (Å²) in [6.07, 6.45) is 3.12. The fourth-order valence-corrected chi connectivity index (χ4v) is 5.96. The van der Waals surface area contributed by atoms with Crippen molar-refractivity contribution >= 4 is 54.0 Å². The quantitative estimate of drug-likeness (QED) is 0.326. The van der Waals surface area contributed by atoms with Gasteiger partial charge in [-0.2, -0.15) is 0 Å². The van der Waals surface area contributed by atoms with Crippen LogP contribution in [0.1, 0.15) is 17.5 Å². The Morgan fingerprint density at radius 3 is 2.56 bits per heavy atom. The zero-order chi connectivity index (χ0) is 24.3. The van der Waals surface area contributed by atoms with Gasteiger partial charge in [-0.25, -0.2) is 13.4 Å². The Morgan fingerprint density at radius 2 is 1.91 bits per heavy atom. The van der Waals surface area contributed by atoms with Crippen LogP contribution in [0.4, 0.5) is 5.13 Å². The number of hydrogen-bond acceptors (Lipinski definition) is 7. The van der Waals surface area contributed by atoms with Crippen molar-refractivity contribution in [3.05, 3.63) is 77.1 Å². The van der Waals surface area contributed by atoms with Gasteiger partial charge in [-0.1, -0.05) is 35.1 Å². The second-order valence-electron chi connectivity index (χ2n) is 7.62. The number of benzene rings is 2.